The van der Waals surface area contributed by atoms with Gasteiger partial charge in [0.2, 0.25) is 0 Å². The van der Waals surface area contributed by atoms with Gasteiger partial charge < -0.3 is 0 Å². The van der Waals surface area contributed by atoms with Crippen molar-refractivity contribution in [3.05, 3.63) is 56.0 Å². The van der Waals surface area contributed by atoms with Crippen molar-refractivity contribution in [2.45, 2.75) is 6.92 Å². The molecule has 2 aromatic carbocycles. The van der Waals surface area contributed by atoms with Crippen molar-refractivity contribution < 1.29 is 4.79 Å². The van der Waals surface area contributed by atoms with Gasteiger partial charge in [-0.2, -0.15) is 0 Å². The van der Waals surface area contributed by atoms with E-state index in [2.05, 4.69) is 31.9 Å². The van der Waals surface area contributed by atoms with Crippen LogP contribution < -0.4 is 0 Å². The highest BCUT2D eigenvalue weighted by molar-refractivity contribution is 9.10. The maximum atomic E-state index is 12.2. The maximum Gasteiger partial charge on any atom is 0.194 e. The molecule has 3 rings (SSSR count). The van der Waals surface area contributed by atoms with Crippen molar-refractivity contribution in [3.8, 4) is 11.1 Å². The first kappa shape index (κ1) is 11.2. The second kappa shape index (κ2) is 3.79. The second-order valence-corrected chi connectivity index (χ2v) is 5.94. The van der Waals surface area contributed by atoms with Gasteiger partial charge in [0.25, 0.3) is 0 Å². The van der Waals surface area contributed by atoms with Crippen LogP contribution in [-0.4, -0.2) is 5.78 Å². The number of ketones is 1. The van der Waals surface area contributed by atoms with Crippen LogP contribution in [0.15, 0.2) is 39.3 Å². The summed E-state index contributed by atoms with van der Waals surface area (Å²) >= 11 is 6.96. The number of carbonyl (C=O) groups excluding carboxylic acids is 1. The zero-order valence-corrected chi connectivity index (χ0v) is 12.2. The molecule has 0 unspecified atom stereocenters. The summed E-state index contributed by atoms with van der Waals surface area (Å²) in [4.78, 5) is 12.2. The van der Waals surface area contributed by atoms with E-state index in [1.54, 1.807) is 0 Å². The SMILES string of the molecule is Cc1cc2c(cc1Br)-c1cc(Br)ccc1C2=O. The highest BCUT2D eigenvalue weighted by Crippen LogP contribution is 2.40. The van der Waals surface area contributed by atoms with Gasteiger partial charge in [0.1, 0.15) is 0 Å². The highest BCUT2D eigenvalue weighted by atomic mass is 79.9. The summed E-state index contributed by atoms with van der Waals surface area (Å²) in [6.45, 7) is 2.00. The van der Waals surface area contributed by atoms with E-state index in [9.17, 15) is 4.79 Å². The molecule has 0 aliphatic heterocycles. The lowest BCUT2D eigenvalue weighted by Gasteiger charge is -2.03. The molecule has 2 aromatic rings. The van der Waals surface area contributed by atoms with Crippen molar-refractivity contribution in [1.82, 2.24) is 0 Å². The molecule has 1 aliphatic carbocycles. The third-order valence-corrected chi connectivity index (χ3v) is 4.41. The summed E-state index contributed by atoms with van der Waals surface area (Å²) in [5, 5.41) is 0. The van der Waals surface area contributed by atoms with Gasteiger partial charge in [-0.05, 0) is 53.9 Å². The zero-order valence-electron chi connectivity index (χ0n) is 9.05. The van der Waals surface area contributed by atoms with Gasteiger partial charge in [-0.1, -0.05) is 31.9 Å². The van der Waals surface area contributed by atoms with Crippen LogP contribution in [0.1, 0.15) is 21.5 Å². The molecular formula is C14H8Br2O. The molecule has 0 saturated heterocycles. The van der Waals surface area contributed by atoms with Crippen molar-refractivity contribution in [3.63, 3.8) is 0 Å². The molecule has 3 heteroatoms. The van der Waals surface area contributed by atoms with E-state index >= 15 is 0 Å². The van der Waals surface area contributed by atoms with Crippen LogP contribution >= 0.6 is 31.9 Å². The van der Waals surface area contributed by atoms with Crippen molar-refractivity contribution >= 4 is 37.6 Å². The zero-order chi connectivity index (χ0) is 12.2. The number of benzene rings is 2. The molecule has 0 spiro atoms. The average molecular weight is 352 g/mol. The van der Waals surface area contributed by atoms with Gasteiger partial charge in [0.15, 0.2) is 5.78 Å². The fourth-order valence-corrected chi connectivity index (χ4v) is 2.88. The van der Waals surface area contributed by atoms with E-state index in [4.69, 9.17) is 0 Å². The monoisotopic (exact) mass is 350 g/mol. The van der Waals surface area contributed by atoms with E-state index in [0.717, 1.165) is 36.8 Å². The Hall–Kier alpha value is -0.930. The Bertz CT molecular complexity index is 660. The van der Waals surface area contributed by atoms with Crippen molar-refractivity contribution in [2.24, 2.45) is 0 Å². The summed E-state index contributed by atoms with van der Waals surface area (Å²) in [5.74, 6) is 0.123. The minimum Gasteiger partial charge on any atom is -0.289 e. The summed E-state index contributed by atoms with van der Waals surface area (Å²) < 4.78 is 2.03. The average Bonchev–Trinajstić information content (AvgIpc) is 2.54. The first-order valence-corrected chi connectivity index (χ1v) is 6.81. The predicted octanol–water partition coefficient (Wildman–Crippen LogP) is 4.73. The second-order valence-electron chi connectivity index (χ2n) is 4.17. The van der Waals surface area contributed by atoms with Gasteiger partial charge in [-0.3, -0.25) is 4.79 Å². The number of rotatable bonds is 0. The molecule has 1 nitrogen and oxygen atoms in total. The summed E-state index contributed by atoms with van der Waals surface area (Å²) in [7, 11) is 0. The van der Waals surface area contributed by atoms with E-state index in [0.29, 0.717) is 0 Å². The predicted molar refractivity (Wildman–Crippen MR) is 75.4 cm³/mol. The molecule has 84 valence electrons. The van der Waals surface area contributed by atoms with Crippen molar-refractivity contribution in [2.75, 3.05) is 0 Å². The van der Waals surface area contributed by atoms with Gasteiger partial charge in [-0.25, -0.2) is 0 Å². The lowest BCUT2D eigenvalue weighted by atomic mass is 10.0. The highest BCUT2D eigenvalue weighted by Gasteiger charge is 2.27. The van der Waals surface area contributed by atoms with Gasteiger partial charge in [-0.15, -0.1) is 0 Å². The van der Waals surface area contributed by atoms with Crippen LogP contribution in [0.5, 0.6) is 0 Å². The van der Waals surface area contributed by atoms with E-state index in [-0.39, 0.29) is 5.78 Å². The molecule has 0 atom stereocenters. The lowest BCUT2D eigenvalue weighted by Crippen LogP contribution is -1.95. The van der Waals surface area contributed by atoms with Gasteiger partial charge >= 0.3 is 0 Å². The fourth-order valence-electron chi connectivity index (χ4n) is 2.17. The molecule has 17 heavy (non-hydrogen) atoms. The number of halogens is 2. The molecule has 0 N–H and O–H groups in total. The summed E-state index contributed by atoms with van der Waals surface area (Å²) in [5.41, 5.74) is 4.72. The number of aryl methyl sites for hydroxylation is 1. The smallest absolute Gasteiger partial charge is 0.194 e. The summed E-state index contributed by atoms with van der Waals surface area (Å²) in [6.07, 6.45) is 0. The Kier molecular flexibility index (Phi) is 2.49. The standard InChI is InChI=1S/C14H8Br2O/c1-7-4-12-11(6-13(7)16)10-5-8(15)2-3-9(10)14(12)17/h2-6H,1H3. The molecule has 0 fully saturated rings. The lowest BCUT2D eigenvalue weighted by molar-refractivity contribution is 0.104. The molecule has 1 aliphatic rings. The third kappa shape index (κ3) is 1.60. The molecular weight excluding hydrogens is 344 g/mol. The van der Waals surface area contributed by atoms with Gasteiger partial charge in [0.05, 0.1) is 0 Å². The normalized spacial score (nSPS) is 12.5. The Labute approximate surface area is 116 Å². The first-order chi connectivity index (χ1) is 8.08. The fraction of sp³-hybridized carbons (Fsp3) is 0.0714. The Balaban J connectivity index is 2.37. The van der Waals surface area contributed by atoms with Crippen LogP contribution in [0, 0.1) is 6.92 Å². The number of fused-ring (bicyclic) bond motifs is 3. The Morgan fingerprint density at radius 2 is 1.59 bits per heavy atom. The van der Waals surface area contributed by atoms with Crippen LogP contribution in [0.2, 0.25) is 0 Å². The van der Waals surface area contributed by atoms with Crippen molar-refractivity contribution in [1.29, 1.82) is 0 Å². The van der Waals surface area contributed by atoms with Crippen LogP contribution in [0.4, 0.5) is 0 Å². The quantitative estimate of drug-likeness (QED) is 0.572. The van der Waals surface area contributed by atoms with Crippen LogP contribution in [0.25, 0.3) is 11.1 Å². The molecule has 0 saturated carbocycles. The molecule has 0 aromatic heterocycles. The van der Waals surface area contributed by atoms with Gasteiger partial charge in [0, 0.05) is 20.1 Å². The third-order valence-electron chi connectivity index (χ3n) is 3.06. The molecule has 0 bridgehead atoms. The molecule has 0 amide bonds. The Morgan fingerprint density at radius 3 is 2.35 bits per heavy atom. The summed E-state index contributed by atoms with van der Waals surface area (Å²) in [6, 6.07) is 9.77. The minimum absolute atomic E-state index is 0.123. The number of carbonyl (C=O) groups is 1. The minimum atomic E-state index is 0.123. The van der Waals surface area contributed by atoms with E-state index in [1.807, 2.05) is 37.3 Å². The molecule has 0 heterocycles. The maximum absolute atomic E-state index is 12.2. The number of hydrogen-bond acceptors (Lipinski definition) is 1. The van der Waals surface area contributed by atoms with Crippen LogP contribution in [-0.2, 0) is 0 Å². The number of hydrogen-bond donors (Lipinski definition) is 0. The van der Waals surface area contributed by atoms with Crippen LogP contribution in [0.3, 0.4) is 0 Å². The van der Waals surface area contributed by atoms with E-state index in [1.165, 1.54) is 0 Å². The Morgan fingerprint density at radius 1 is 0.882 bits per heavy atom. The van der Waals surface area contributed by atoms with E-state index < -0.39 is 0 Å². The topological polar surface area (TPSA) is 17.1 Å². The largest absolute Gasteiger partial charge is 0.289 e. The molecule has 0 radical (unpaired) electrons. The first-order valence-electron chi connectivity index (χ1n) is 5.22.